The highest BCUT2D eigenvalue weighted by Gasteiger charge is 2.55. The maximum Gasteiger partial charge on any atom is 0.220 e. The van der Waals surface area contributed by atoms with Crippen LogP contribution in [0.25, 0.3) is 0 Å². The molecule has 4 fully saturated rings. The Balaban J connectivity index is 1.27. The maximum absolute atomic E-state index is 13.5. The van der Waals surface area contributed by atoms with Crippen molar-refractivity contribution in [3.05, 3.63) is 12.2 Å². The number of hydrogen-bond donors (Lipinski definition) is 13. The van der Waals surface area contributed by atoms with E-state index in [4.69, 9.17) is 37.9 Å². The smallest absolute Gasteiger partial charge is 0.220 e. The van der Waals surface area contributed by atoms with Gasteiger partial charge in [0.2, 0.25) is 5.91 Å². The fourth-order valence-corrected chi connectivity index (χ4v) is 12.7. The molecule has 4 heterocycles. The average molecular weight is 1290 g/mol. The van der Waals surface area contributed by atoms with Gasteiger partial charge in [-0.2, -0.15) is 0 Å². The lowest BCUT2D eigenvalue weighted by molar-refractivity contribution is -0.393. The summed E-state index contributed by atoms with van der Waals surface area (Å²) < 4.78 is 46.8. The first kappa shape index (κ1) is 80.8. The molecule has 530 valence electrons. The summed E-state index contributed by atoms with van der Waals surface area (Å²) in [6, 6.07) is -1.000. The number of rotatable bonds is 51. The van der Waals surface area contributed by atoms with E-state index in [1.54, 1.807) is 13.0 Å². The van der Waals surface area contributed by atoms with Crippen LogP contribution in [0.2, 0.25) is 0 Å². The average Bonchev–Trinajstić information content (AvgIpc) is 0.821. The molecule has 4 aliphatic rings. The minimum Gasteiger partial charge on any atom is -0.394 e. The van der Waals surface area contributed by atoms with E-state index < -0.39 is 149 Å². The molecule has 0 spiro atoms. The zero-order valence-corrected chi connectivity index (χ0v) is 55.3. The monoisotopic (exact) mass is 1290 g/mol. The third kappa shape index (κ3) is 29.8. The number of hydrogen-bond acceptors (Lipinski definition) is 21. The molecule has 21 atom stereocenters. The summed E-state index contributed by atoms with van der Waals surface area (Å²) in [6.45, 7) is 3.15. The van der Waals surface area contributed by atoms with Crippen molar-refractivity contribution < 1.29 is 104 Å². The Hall–Kier alpha value is -1.59. The van der Waals surface area contributed by atoms with Gasteiger partial charge in [-0.15, -0.1) is 0 Å². The molecule has 0 aromatic rings. The molecule has 4 saturated heterocycles. The van der Waals surface area contributed by atoms with Gasteiger partial charge in [-0.25, -0.2) is 0 Å². The maximum atomic E-state index is 13.5. The molecule has 0 aliphatic carbocycles. The van der Waals surface area contributed by atoms with Crippen molar-refractivity contribution in [3.63, 3.8) is 0 Å². The lowest BCUT2D eigenvalue weighted by Gasteiger charge is -2.49. The predicted molar refractivity (Wildman–Crippen MR) is 339 cm³/mol. The molecule has 4 aliphatic heterocycles. The summed E-state index contributed by atoms with van der Waals surface area (Å²) in [5, 5.41) is 134. The molecule has 4 rings (SSSR count). The predicted octanol–water partition coefficient (Wildman–Crippen LogP) is 6.82. The number of nitrogens with one attached hydrogen (secondary N) is 1. The Morgan fingerprint density at radius 3 is 1.33 bits per heavy atom. The number of aliphatic hydroxyl groups excluding tert-OH is 12. The van der Waals surface area contributed by atoms with Crippen LogP contribution in [0.15, 0.2) is 12.2 Å². The molecule has 22 heteroatoms. The van der Waals surface area contributed by atoms with Crippen molar-refractivity contribution in [2.45, 2.75) is 387 Å². The van der Waals surface area contributed by atoms with Crippen molar-refractivity contribution in [2.24, 2.45) is 0 Å². The van der Waals surface area contributed by atoms with Gasteiger partial charge in [0.05, 0.1) is 50.8 Å². The van der Waals surface area contributed by atoms with E-state index in [-0.39, 0.29) is 25.4 Å². The number of carbonyl (C=O) groups excluding carboxylic acids is 1. The van der Waals surface area contributed by atoms with Crippen molar-refractivity contribution >= 4 is 5.91 Å². The Labute approximate surface area is 539 Å². The largest absolute Gasteiger partial charge is 0.394 e. The second-order valence-electron chi connectivity index (χ2n) is 26.3. The summed E-state index contributed by atoms with van der Waals surface area (Å²) in [5.41, 5.74) is 0. The Bertz CT molecular complexity index is 1790. The molecule has 0 aromatic heterocycles. The van der Waals surface area contributed by atoms with Gasteiger partial charge in [-0.3, -0.25) is 4.79 Å². The van der Waals surface area contributed by atoms with Crippen molar-refractivity contribution in [1.29, 1.82) is 0 Å². The van der Waals surface area contributed by atoms with E-state index in [1.807, 2.05) is 6.08 Å². The van der Waals surface area contributed by atoms with Crippen LogP contribution in [0, 0.1) is 0 Å². The van der Waals surface area contributed by atoms with Crippen molar-refractivity contribution in [3.8, 4) is 0 Å². The molecule has 0 radical (unpaired) electrons. The summed E-state index contributed by atoms with van der Waals surface area (Å²) in [5.74, 6) is -0.289. The fraction of sp³-hybridized carbons (Fsp3) is 0.956. The number of allylic oxidation sites excluding steroid dienone is 1. The molecular formula is C68H127NO21. The van der Waals surface area contributed by atoms with Crippen LogP contribution in [-0.4, -0.2) is 222 Å². The first-order valence-corrected chi connectivity index (χ1v) is 35.7. The quantitative estimate of drug-likeness (QED) is 0.0219. The molecule has 0 saturated carbocycles. The first-order valence-electron chi connectivity index (χ1n) is 35.7. The van der Waals surface area contributed by atoms with Gasteiger partial charge in [0.25, 0.3) is 0 Å². The number of aliphatic hydroxyl groups is 12. The second kappa shape index (κ2) is 48.2. The highest BCUT2D eigenvalue weighted by Crippen LogP contribution is 2.35. The summed E-state index contributed by atoms with van der Waals surface area (Å²) in [7, 11) is 0. The van der Waals surface area contributed by atoms with Gasteiger partial charge in [0.1, 0.15) is 79.4 Å². The topological polar surface area (TPSA) is 346 Å². The Morgan fingerprint density at radius 2 is 0.844 bits per heavy atom. The van der Waals surface area contributed by atoms with Crippen LogP contribution in [0.3, 0.4) is 0 Å². The molecule has 8 unspecified atom stereocenters. The van der Waals surface area contributed by atoms with Crippen LogP contribution in [0.4, 0.5) is 0 Å². The Kier molecular flexibility index (Phi) is 43.3. The standard InChI is InChI=1S/C68H127NO21/c1-4-6-8-10-12-14-16-18-19-20-21-22-23-24-25-26-27-29-31-33-35-37-39-41-54(75)69-48(49(73)40-38-36-34-32-30-28-17-15-13-11-9-7-5-2)46-83-65-60(81)59(80)62(53(45-72)87-65)88-67-61(82)63(57(78)52(44-71)85-67)89-68-64(58(79)56(77)51(43-70)86-68)90-66-55(76)50(74)42-47(3)84-66/h38,40,47-53,55-68,70-74,76-82H,4-37,39,41-46H2,1-3H3,(H,69,75)/b40-38+/t47?,48-,49+,50?,51?,52?,53?,55-,56-,57-,58-,59+,60?,61?,62+,63-,64?,65+,66-,67-,68+/m0/s1. The first-order chi connectivity index (χ1) is 43.6. The van der Waals surface area contributed by atoms with Crippen LogP contribution >= 0.6 is 0 Å². The third-order valence-corrected chi connectivity index (χ3v) is 18.5. The summed E-state index contributed by atoms with van der Waals surface area (Å²) >= 11 is 0. The van der Waals surface area contributed by atoms with Gasteiger partial charge >= 0.3 is 0 Å². The SMILES string of the molecule is CCCCCCCCCCCCC/C=C/[C@@H](O)[C@H](CO[C@@H]1OC(CO)[C@@H](O[C@@H]2OC(CO)[C@H](O)[C@H](O[C@H]3OC(CO)[C@H](O)[C@H](O)C3O[C@@H]3OC(C)CC(O)[C@@H]3O)C2O)[C@H](O)C1O)NC(=O)CCCCCCCCCCCCCCCCCCCCCCCCC. The van der Waals surface area contributed by atoms with E-state index >= 15 is 0 Å². The van der Waals surface area contributed by atoms with Gasteiger partial charge in [-0.1, -0.05) is 231 Å². The molecule has 22 nitrogen and oxygen atoms in total. The third-order valence-electron chi connectivity index (χ3n) is 18.5. The van der Waals surface area contributed by atoms with Gasteiger partial charge in [0, 0.05) is 12.8 Å². The zero-order chi connectivity index (χ0) is 65.5. The number of unbranched alkanes of at least 4 members (excludes halogenated alkanes) is 33. The van der Waals surface area contributed by atoms with E-state index in [9.17, 15) is 66.1 Å². The molecule has 90 heavy (non-hydrogen) atoms. The van der Waals surface area contributed by atoms with Crippen molar-refractivity contribution in [2.75, 3.05) is 26.4 Å². The van der Waals surface area contributed by atoms with Crippen LogP contribution in [0.5, 0.6) is 0 Å². The zero-order valence-electron chi connectivity index (χ0n) is 55.3. The van der Waals surface area contributed by atoms with Crippen molar-refractivity contribution in [1.82, 2.24) is 5.32 Å². The van der Waals surface area contributed by atoms with Gasteiger partial charge in [0.15, 0.2) is 25.2 Å². The second-order valence-corrected chi connectivity index (χ2v) is 26.3. The molecule has 13 N–H and O–H groups in total. The summed E-state index contributed by atoms with van der Waals surface area (Å²) in [4.78, 5) is 13.5. The minimum absolute atomic E-state index is 0.0499. The fourth-order valence-electron chi connectivity index (χ4n) is 12.7. The highest BCUT2D eigenvalue weighted by atomic mass is 16.8. The van der Waals surface area contributed by atoms with Crippen LogP contribution in [0.1, 0.15) is 258 Å². The van der Waals surface area contributed by atoms with Crippen LogP contribution in [-0.2, 0) is 42.7 Å². The van der Waals surface area contributed by atoms with Crippen LogP contribution < -0.4 is 5.32 Å². The molecular weight excluding hydrogens is 1170 g/mol. The lowest BCUT2D eigenvalue weighted by Crippen LogP contribution is -2.67. The van der Waals surface area contributed by atoms with E-state index in [0.717, 1.165) is 44.9 Å². The molecule has 0 aromatic carbocycles. The van der Waals surface area contributed by atoms with E-state index in [2.05, 4.69) is 19.2 Å². The lowest BCUT2D eigenvalue weighted by atomic mass is 9.95. The number of carbonyl (C=O) groups is 1. The summed E-state index contributed by atoms with van der Waals surface area (Å²) in [6.07, 6.45) is 14.0. The normalized spacial score (nSPS) is 32.4. The number of ether oxygens (including phenoxy) is 8. The minimum atomic E-state index is -2.04. The molecule has 1 amide bonds. The number of amides is 1. The van der Waals surface area contributed by atoms with E-state index in [1.165, 1.54) is 173 Å². The Morgan fingerprint density at radius 1 is 0.444 bits per heavy atom. The van der Waals surface area contributed by atoms with E-state index in [0.29, 0.717) is 6.42 Å². The van der Waals surface area contributed by atoms with Gasteiger partial charge < -0.3 is 104 Å². The van der Waals surface area contributed by atoms with Gasteiger partial charge in [-0.05, 0) is 26.2 Å². The highest BCUT2D eigenvalue weighted by molar-refractivity contribution is 5.76. The molecule has 0 bridgehead atoms.